The molecule has 4 heteroatoms. The molecule has 1 saturated heterocycles. The van der Waals surface area contributed by atoms with E-state index < -0.39 is 0 Å². The Bertz CT molecular complexity index is 369. The van der Waals surface area contributed by atoms with E-state index in [0.717, 1.165) is 25.5 Å². The molecule has 0 aliphatic carbocycles. The normalized spacial score (nSPS) is 22.5. The summed E-state index contributed by atoms with van der Waals surface area (Å²) in [6.07, 6.45) is 2.18. The van der Waals surface area contributed by atoms with E-state index >= 15 is 0 Å². The molecule has 0 saturated carbocycles. The first-order valence-electron chi connectivity index (χ1n) is 6.20. The summed E-state index contributed by atoms with van der Waals surface area (Å²) in [6, 6.07) is 4.59. The molecule has 0 aromatic carbocycles. The number of nitrogens with zero attached hydrogens (tertiary/aromatic N) is 2. The molecular weight excluding hydrogens is 214 g/mol. The van der Waals surface area contributed by atoms with Crippen LogP contribution in [0.2, 0.25) is 0 Å². The fourth-order valence-corrected chi connectivity index (χ4v) is 2.07. The number of pyridine rings is 1. The van der Waals surface area contributed by atoms with Gasteiger partial charge in [-0.3, -0.25) is 0 Å². The summed E-state index contributed by atoms with van der Waals surface area (Å²) in [5, 5.41) is 3.25. The maximum Gasteiger partial charge on any atom is 0.128 e. The highest BCUT2D eigenvalue weighted by Gasteiger charge is 2.18. The van der Waals surface area contributed by atoms with Crippen LogP contribution in [0, 0.1) is 0 Å². The molecule has 1 aliphatic heterocycles. The van der Waals surface area contributed by atoms with Gasteiger partial charge in [-0.1, -0.05) is 0 Å². The van der Waals surface area contributed by atoms with Crippen molar-refractivity contribution >= 4 is 5.82 Å². The first-order valence-corrected chi connectivity index (χ1v) is 6.20. The van der Waals surface area contributed by atoms with E-state index in [-0.39, 0.29) is 6.10 Å². The third-order valence-corrected chi connectivity index (χ3v) is 3.27. The molecular formula is C13H21N3O. The Balaban J connectivity index is 2.15. The molecule has 0 amide bonds. The highest BCUT2D eigenvalue weighted by Crippen LogP contribution is 2.19. The van der Waals surface area contributed by atoms with Crippen LogP contribution < -0.4 is 10.2 Å². The standard InChI is InChI=1S/C13H21N3O/c1-10-9-16(6-7-17-10)13-8-12(4-5-15-13)11(2)14-3/h4-5,8,10-11,14H,6-7,9H2,1-3H3. The molecule has 2 rings (SSSR count). The van der Waals surface area contributed by atoms with Gasteiger partial charge in [0.1, 0.15) is 5.82 Å². The van der Waals surface area contributed by atoms with Gasteiger partial charge >= 0.3 is 0 Å². The smallest absolute Gasteiger partial charge is 0.128 e. The molecule has 2 atom stereocenters. The van der Waals surface area contributed by atoms with Gasteiger partial charge in [0.15, 0.2) is 0 Å². The predicted molar refractivity (Wildman–Crippen MR) is 69.3 cm³/mol. The number of morpholine rings is 1. The van der Waals surface area contributed by atoms with Gasteiger partial charge in [-0.15, -0.1) is 0 Å². The average Bonchev–Trinajstić information content (AvgIpc) is 2.38. The first kappa shape index (κ1) is 12.3. The van der Waals surface area contributed by atoms with Crippen molar-refractivity contribution in [3.63, 3.8) is 0 Å². The van der Waals surface area contributed by atoms with Crippen molar-refractivity contribution in [3.05, 3.63) is 23.9 Å². The van der Waals surface area contributed by atoms with Crippen LogP contribution in [0.3, 0.4) is 0 Å². The summed E-state index contributed by atoms with van der Waals surface area (Å²) in [5.41, 5.74) is 1.27. The van der Waals surface area contributed by atoms with Crippen molar-refractivity contribution in [2.24, 2.45) is 0 Å². The number of hydrogen-bond acceptors (Lipinski definition) is 4. The number of hydrogen-bond donors (Lipinski definition) is 1. The van der Waals surface area contributed by atoms with E-state index in [1.165, 1.54) is 5.56 Å². The zero-order valence-corrected chi connectivity index (χ0v) is 10.8. The molecule has 0 bridgehead atoms. The lowest BCUT2D eigenvalue weighted by molar-refractivity contribution is 0.0529. The largest absolute Gasteiger partial charge is 0.375 e. The zero-order valence-electron chi connectivity index (χ0n) is 10.8. The van der Waals surface area contributed by atoms with Crippen LogP contribution in [0.15, 0.2) is 18.3 Å². The molecule has 1 fully saturated rings. The second-order valence-electron chi connectivity index (χ2n) is 4.59. The Morgan fingerprint density at radius 3 is 3.12 bits per heavy atom. The minimum atomic E-state index is 0.288. The number of anilines is 1. The molecule has 17 heavy (non-hydrogen) atoms. The van der Waals surface area contributed by atoms with Gasteiger partial charge in [0, 0.05) is 25.3 Å². The topological polar surface area (TPSA) is 37.4 Å². The number of nitrogens with one attached hydrogen (secondary N) is 1. The molecule has 1 aliphatic rings. The van der Waals surface area contributed by atoms with Crippen molar-refractivity contribution in [3.8, 4) is 0 Å². The second-order valence-corrected chi connectivity index (χ2v) is 4.59. The van der Waals surface area contributed by atoms with Crippen molar-refractivity contribution in [1.29, 1.82) is 0 Å². The van der Waals surface area contributed by atoms with E-state index in [1.54, 1.807) is 0 Å². The Kier molecular flexibility index (Phi) is 3.97. The lowest BCUT2D eigenvalue weighted by atomic mass is 10.1. The Hall–Kier alpha value is -1.13. The third kappa shape index (κ3) is 2.96. The minimum absolute atomic E-state index is 0.288. The lowest BCUT2D eigenvalue weighted by Crippen LogP contribution is -2.41. The van der Waals surface area contributed by atoms with Gasteiger partial charge in [0.05, 0.1) is 12.7 Å². The number of aromatic nitrogens is 1. The van der Waals surface area contributed by atoms with E-state index in [2.05, 4.69) is 41.2 Å². The monoisotopic (exact) mass is 235 g/mol. The van der Waals surface area contributed by atoms with E-state index in [4.69, 9.17) is 4.74 Å². The van der Waals surface area contributed by atoms with Crippen LogP contribution in [0.5, 0.6) is 0 Å². The fourth-order valence-electron chi connectivity index (χ4n) is 2.07. The maximum absolute atomic E-state index is 5.55. The zero-order chi connectivity index (χ0) is 12.3. The molecule has 94 valence electrons. The first-order chi connectivity index (χ1) is 8.20. The summed E-state index contributed by atoms with van der Waals surface area (Å²) in [4.78, 5) is 6.75. The minimum Gasteiger partial charge on any atom is -0.375 e. The van der Waals surface area contributed by atoms with E-state index in [1.807, 2.05) is 13.2 Å². The van der Waals surface area contributed by atoms with Crippen LogP contribution in [-0.2, 0) is 4.74 Å². The number of ether oxygens (including phenoxy) is 1. The maximum atomic E-state index is 5.55. The fraction of sp³-hybridized carbons (Fsp3) is 0.615. The molecule has 0 radical (unpaired) electrons. The van der Waals surface area contributed by atoms with Crippen LogP contribution in [0.25, 0.3) is 0 Å². The van der Waals surface area contributed by atoms with Gasteiger partial charge < -0.3 is 15.0 Å². The molecule has 2 unspecified atom stereocenters. The molecule has 1 N–H and O–H groups in total. The summed E-state index contributed by atoms with van der Waals surface area (Å²) < 4.78 is 5.55. The number of rotatable bonds is 3. The Labute approximate surface area is 103 Å². The molecule has 1 aromatic rings. The van der Waals surface area contributed by atoms with Gasteiger partial charge in [-0.05, 0) is 38.6 Å². The quantitative estimate of drug-likeness (QED) is 0.863. The Morgan fingerprint density at radius 1 is 1.59 bits per heavy atom. The molecule has 4 nitrogen and oxygen atoms in total. The van der Waals surface area contributed by atoms with Gasteiger partial charge in [-0.25, -0.2) is 4.98 Å². The van der Waals surface area contributed by atoms with Crippen LogP contribution in [-0.4, -0.2) is 37.8 Å². The second kappa shape index (κ2) is 5.47. The van der Waals surface area contributed by atoms with Crippen molar-refractivity contribution < 1.29 is 4.74 Å². The van der Waals surface area contributed by atoms with Crippen molar-refractivity contribution in [2.75, 3.05) is 31.6 Å². The van der Waals surface area contributed by atoms with Gasteiger partial charge in [-0.2, -0.15) is 0 Å². The summed E-state index contributed by atoms with van der Waals surface area (Å²) in [5.74, 6) is 1.06. The molecule has 2 heterocycles. The van der Waals surface area contributed by atoms with Crippen LogP contribution in [0.1, 0.15) is 25.5 Å². The third-order valence-electron chi connectivity index (χ3n) is 3.27. The average molecular weight is 235 g/mol. The highest BCUT2D eigenvalue weighted by molar-refractivity contribution is 5.42. The van der Waals surface area contributed by atoms with Gasteiger partial charge in [0.2, 0.25) is 0 Å². The summed E-state index contributed by atoms with van der Waals surface area (Å²) >= 11 is 0. The van der Waals surface area contributed by atoms with Crippen molar-refractivity contribution in [2.45, 2.75) is 26.0 Å². The van der Waals surface area contributed by atoms with Gasteiger partial charge in [0.25, 0.3) is 0 Å². The van der Waals surface area contributed by atoms with Crippen molar-refractivity contribution in [1.82, 2.24) is 10.3 Å². The summed E-state index contributed by atoms with van der Waals surface area (Å²) in [7, 11) is 1.97. The predicted octanol–water partition coefficient (Wildman–Crippen LogP) is 1.59. The van der Waals surface area contributed by atoms with E-state index in [0.29, 0.717) is 6.04 Å². The highest BCUT2D eigenvalue weighted by atomic mass is 16.5. The Morgan fingerprint density at radius 2 is 2.41 bits per heavy atom. The van der Waals surface area contributed by atoms with E-state index in [9.17, 15) is 0 Å². The lowest BCUT2D eigenvalue weighted by Gasteiger charge is -2.32. The van der Waals surface area contributed by atoms with Crippen LogP contribution in [0.4, 0.5) is 5.82 Å². The van der Waals surface area contributed by atoms with Crippen LogP contribution >= 0.6 is 0 Å². The SMILES string of the molecule is CNC(C)c1ccnc(N2CCOC(C)C2)c1. The molecule has 1 aromatic heterocycles. The summed E-state index contributed by atoms with van der Waals surface area (Å²) in [6.45, 7) is 6.89. The molecule has 0 spiro atoms.